The molecule has 0 bridgehead atoms. The van der Waals surface area contributed by atoms with Crippen LogP contribution in [0, 0.1) is 10.1 Å². The number of benzene rings is 1. The Hall–Kier alpha value is -1.84. The molecular formula is C30H47NO3. The highest BCUT2D eigenvalue weighted by Crippen LogP contribution is 2.44. The van der Waals surface area contributed by atoms with Crippen molar-refractivity contribution in [2.24, 2.45) is 0 Å². The van der Waals surface area contributed by atoms with Gasteiger partial charge in [-0.1, -0.05) is 82.9 Å². The standard InChI is InChI=1S/C30H47NO3/c1-3-25-23-27(26-19-15-11-7-4-5-8-12-16-20-26)29(34-2)24-28(25)30(31(32)33)21-17-13-9-6-10-14-18-22-30/h9,13,23-24,26H,3-8,10-12,14-22H2,1-2H3/b13-9-. The van der Waals surface area contributed by atoms with Crippen LogP contribution < -0.4 is 4.74 Å². The van der Waals surface area contributed by atoms with Crippen LogP contribution in [-0.4, -0.2) is 12.0 Å². The summed E-state index contributed by atoms with van der Waals surface area (Å²) in [6.45, 7) is 2.15. The summed E-state index contributed by atoms with van der Waals surface area (Å²) in [4.78, 5) is 12.8. The van der Waals surface area contributed by atoms with Crippen molar-refractivity contribution in [3.8, 4) is 5.75 Å². The van der Waals surface area contributed by atoms with Crippen LogP contribution in [0.3, 0.4) is 0 Å². The van der Waals surface area contributed by atoms with Crippen molar-refractivity contribution in [1.29, 1.82) is 0 Å². The molecule has 0 aromatic heterocycles. The zero-order chi connectivity index (χ0) is 24.2. The van der Waals surface area contributed by atoms with Gasteiger partial charge in [-0.25, -0.2) is 0 Å². The fraction of sp³-hybridized carbons (Fsp3) is 0.733. The topological polar surface area (TPSA) is 52.4 Å². The molecule has 1 atom stereocenters. The lowest BCUT2D eigenvalue weighted by molar-refractivity contribution is -0.582. The molecule has 2 aliphatic carbocycles. The number of rotatable bonds is 5. The minimum absolute atomic E-state index is 0.0308. The maximum atomic E-state index is 12.7. The van der Waals surface area contributed by atoms with E-state index >= 15 is 0 Å². The summed E-state index contributed by atoms with van der Waals surface area (Å²) in [6, 6.07) is 4.38. The van der Waals surface area contributed by atoms with E-state index in [1.54, 1.807) is 7.11 Å². The highest BCUT2D eigenvalue weighted by Gasteiger charge is 2.45. The predicted molar refractivity (Wildman–Crippen MR) is 141 cm³/mol. The van der Waals surface area contributed by atoms with Crippen molar-refractivity contribution in [1.82, 2.24) is 0 Å². The minimum Gasteiger partial charge on any atom is -0.496 e. The van der Waals surface area contributed by atoms with Gasteiger partial charge in [0.05, 0.1) is 7.11 Å². The Kier molecular flexibility index (Phi) is 10.9. The summed E-state index contributed by atoms with van der Waals surface area (Å²) >= 11 is 0. The first-order valence-corrected chi connectivity index (χ1v) is 14.1. The molecule has 0 amide bonds. The Balaban J connectivity index is 2.01. The van der Waals surface area contributed by atoms with Gasteiger partial charge in [-0.05, 0) is 68.1 Å². The zero-order valence-corrected chi connectivity index (χ0v) is 21.8. The molecule has 34 heavy (non-hydrogen) atoms. The maximum Gasteiger partial charge on any atom is 0.247 e. The Morgan fingerprint density at radius 3 is 2.12 bits per heavy atom. The predicted octanol–water partition coefficient (Wildman–Crippen LogP) is 9.03. The summed E-state index contributed by atoms with van der Waals surface area (Å²) < 4.78 is 5.97. The molecule has 0 saturated heterocycles. The van der Waals surface area contributed by atoms with Crippen LogP contribution in [0.4, 0.5) is 0 Å². The van der Waals surface area contributed by atoms with Crippen molar-refractivity contribution in [2.45, 2.75) is 134 Å². The first-order valence-electron chi connectivity index (χ1n) is 14.1. The number of nitro groups is 1. The van der Waals surface area contributed by atoms with E-state index in [9.17, 15) is 10.1 Å². The smallest absolute Gasteiger partial charge is 0.247 e. The molecule has 1 saturated carbocycles. The molecule has 1 fully saturated rings. The molecule has 0 N–H and O–H groups in total. The summed E-state index contributed by atoms with van der Waals surface area (Å²) in [5, 5.41) is 12.7. The van der Waals surface area contributed by atoms with Gasteiger partial charge in [0.1, 0.15) is 5.75 Å². The van der Waals surface area contributed by atoms with E-state index in [2.05, 4.69) is 31.2 Å². The molecule has 2 aliphatic rings. The van der Waals surface area contributed by atoms with Crippen LogP contribution in [0.15, 0.2) is 24.3 Å². The van der Waals surface area contributed by atoms with Crippen molar-refractivity contribution in [3.05, 3.63) is 51.1 Å². The number of methoxy groups -OCH3 is 1. The summed E-state index contributed by atoms with van der Waals surface area (Å²) in [5.41, 5.74) is 2.34. The van der Waals surface area contributed by atoms with Gasteiger partial charge in [0, 0.05) is 23.3 Å². The van der Waals surface area contributed by atoms with Crippen LogP contribution in [0.1, 0.15) is 139 Å². The SMILES string of the molecule is CCc1cc(C2CCCCCCCCCC2)c(OC)cc1C1([N+](=O)[O-])CC/C=C\CCCCC1. The van der Waals surface area contributed by atoms with Crippen LogP contribution in [0.2, 0.25) is 0 Å². The van der Waals surface area contributed by atoms with E-state index in [4.69, 9.17) is 4.74 Å². The maximum absolute atomic E-state index is 12.7. The van der Waals surface area contributed by atoms with Crippen molar-refractivity contribution >= 4 is 0 Å². The Morgan fingerprint density at radius 1 is 0.882 bits per heavy atom. The lowest BCUT2D eigenvalue weighted by Crippen LogP contribution is -2.37. The van der Waals surface area contributed by atoms with Gasteiger partial charge in [-0.2, -0.15) is 0 Å². The second-order valence-electron chi connectivity index (χ2n) is 10.6. The monoisotopic (exact) mass is 469 g/mol. The number of aryl methyl sites for hydroxylation is 1. The molecule has 3 rings (SSSR count). The molecule has 190 valence electrons. The molecule has 4 heteroatoms. The van der Waals surface area contributed by atoms with E-state index < -0.39 is 5.54 Å². The highest BCUT2D eigenvalue weighted by atomic mass is 16.6. The van der Waals surface area contributed by atoms with Gasteiger partial charge >= 0.3 is 0 Å². The highest BCUT2D eigenvalue weighted by molar-refractivity contribution is 5.47. The van der Waals surface area contributed by atoms with Gasteiger partial charge in [0.15, 0.2) is 0 Å². The third-order valence-corrected chi connectivity index (χ3v) is 8.33. The number of hydrogen-bond acceptors (Lipinski definition) is 3. The van der Waals surface area contributed by atoms with E-state index in [1.807, 2.05) is 0 Å². The number of allylic oxidation sites excluding steroid dienone is 2. The number of ether oxygens (including phenoxy) is 1. The third-order valence-electron chi connectivity index (χ3n) is 8.33. The van der Waals surface area contributed by atoms with Crippen LogP contribution >= 0.6 is 0 Å². The normalized spacial score (nSPS) is 25.1. The average Bonchev–Trinajstić information content (AvgIpc) is 2.92. The lowest BCUT2D eigenvalue weighted by atomic mass is 9.76. The molecule has 0 heterocycles. The second-order valence-corrected chi connectivity index (χ2v) is 10.6. The molecule has 1 aromatic carbocycles. The van der Waals surface area contributed by atoms with Gasteiger partial charge in [0.2, 0.25) is 5.54 Å². The summed E-state index contributed by atoms with van der Waals surface area (Å²) in [7, 11) is 1.74. The molecule has 0 radical (unpaired) electrons. The quantitative estimate of drug-likeness (QED) is 0.245. The fourth-order valence-corrected chi connectivity index (χ4v) is 6.25. The molecule has 1 aromatic rings. The van der Waals surface area contributed by atoms with E-state index in [1.165, 1.54) is 69.8 Å². The van der Waals surface area contributed by atoms with Crippen molar-refractivity contribution in [3.63, 3.8) is 0 Å². The number of hydrogen-bond donors (Lipinski definition) is 0. The number of nitrogens with zero attached hydrogens (tertiary/aromatic N) is 1. The van der Waals surface area contributed by atoms with Gasteiger partial charge in [-0.15, -0.1) is 0 Å². The molecule has 4 nitrogen and oxygen atoms in total. The van der Waals surface area contributed by atoms with Gasteiger partial charge in [0.25, 0.3) is 0 Å². The van der Waals surface area contributed by atoms with Gasteiger partial charge < -0.3 is 4.74 Å². The van der Waals surface area contributed by atoms with Crippen LogP contribution in [-0.2, 0) is 12.0 Å². The Morgan fingerprint density at radius 2 is 1.50 bits per heavy atom. The minimum atomic E-state index is -1.02. The second kappa shape index (κ2) is 13.9. The lowest BCUT2D eigenvalue weighted by Gasteiger charge is -2.30. The zero-order valence-electron chi connectivity index (χ0n) is 21.8. The van der Waals surface area contributed by atoms with E-state index in [0.717, 1.165) is 55.4 Å². The fourth-order valence-electron chi connectivity index (χ4n) is 6.25. The first-order chi connectivity index (χ1) is 16.6. The molecule has 0 aliphatic heterocycles. The van der Waals surface area contributed by atoms with Crippen LogP contribution in [0.5, 0.6) is 5.75 Å². The Labute approximate surface area is 207 Å². The summed E-state index contributed by atoms with van der Waals surface area (Å²) in [5.74, 6) is 1.37. The molecular weight excluding hydrogens is 422 g/mol. The average molecular weight is 470 g/mol. The largest absolute Gasteiger partial charge is 0.496 e. The van der Waals surface area contributed by atoms with E-state index in [-0.39, 0.29) is 4.92 Å². The molecule has 1 unspecified atom stereocenters. The third kappa shape index (κ3) is 6.86. The summed E-state index contributed by atoms with van der Waals surface area (Å²) in [6.07, 6.45) is 24.3. The molecule has 0 spiro atoms. The van der Waals surface area contributed by atoms with Gasteiger partial charge in [-0.3, -0.25) is 10.1 Å². The van der Waals surface area contributed by atoms with E-state index in [0.29, 0.717) is 18.8 Å². The van der Waals surface area contributed by atoms with Crippen molar-refractivity contribution < 1.29 is 9.66 Å². The first kappa shape index (κ1) is 26.8. The Bertz CT molecular complexity index is 790. The van der Waals surface area contributed by atoms with Crippen molar-refractivity contribution in [2.75, 3.05) is 7.11 Å². The van der Waals surface area contributed by atoms with Crippen LogP contribution in [0.25, 0.3) is 0 Å².